The van der Waals surface area contributed by atoms with Crippen molar-refractivity contribution in [3.8, 4) is 11.3 Å². The molecule has 0 radical (unpaired) electrons. The molecule has 1 heterocycles. The predicted octanol–water partition coefficient (Wildman–Crippen LogP) is 2.88. The van der Waals surface area contributed by atoms with Gasteiger partial charge in [-0.15, -0.1) is 0 Å². The average Bonchev–Trinajstić information content (AvgIpc) is 2.86. The Labute approximate surface area is 118 Å². The first-order chi connectivity index (χ1) is 9.20. The van der Waals surface area contributed by atoms with E-state index in [0.29, 0.717) is 28.8 Å². The third-order valence-electron chi connectivity index (χ3n) is 2.49. The average molecular weight is 327 g/mol. The van der Waals surface area contributed by atoms with E-state index in [0.717, 1.165) is 0 Å². The van der Waals surface area contributed by atoms with Crippen molar-refractivity contribution in [2.24, 2.45) is 0 Å². The number of carbonyl (C=O) groups excluding carboxylic acids is 1. The van der Waals surface area contributed by atoms with Gasteiger partial charge >= 0.3 is 0 Å². The highest BCUT2D eigenvalue weighted by Gasteiger charge is 2.11. The Morgan fingerprint density at radius 2 is 2.21 bits per heavy atom. The van der Waals surface area contributed by atoms with E-state index >= 15 is 0 Å². The minimum Gasteiger partial charge on any atom is -0.356 e. The molecule has 2 rings (SSSR count). The van der Waals surface area contributed by atoms with Crippen LogP contribution in [0.15, 0.2) is 34.9 Å². The van der Waals surface area contributed by atoms with Gasteiger partial charge in [0, 0.05) is 17.8 Å². The molecule has 6 heteroatoms. The number of hydrogen-bond donors (Lipinski definition) is 1. The van der Waals surface area contributed by atoms with Gasteiger partial charge in [0.15, 0.2) is 5.76 Å². The van der Waals surface area contributed by atoms with Crippen molar-refractivity contribution in [3.63, 3.8) is 0 Å². The van der Waals surface area contributed by atoms with Crippen molar-refractivity contribution in [2.75, 3.05) is 5.33 Å². The lowest BCUT2D eigenvalue weighted by molar-refractivity contribution is -0.120. The summed E-state index contributed by atoms with van der Waals surface area (Å²) in [4.78, 5) is 11.3. The second kappa shape index (κ2) is 6.47. The first-order valence-corrected chi connectivity index (χ1v) is 6.86. The van der Waals surface area contributed by atoms with Gasteiger partial charge < -0.3 is 9.84 Å². The molecule has 0 bridgehead atoms. The molecule has 19 heavy (non-hydrogen) atoms. The van der Waals surface area contributed by atoms with Crippen molar-refractivity contribution >= 4 is 21.8 Å². The largest absolute Gasteiger partial charge is 0.356 e. The van der Waals surface area contributed by atoms with E-state index in [2.05, 4.69) is 26.4 Å². The SMILES string of the molecule is O=C(CCBr)NCc1cc(-c2ccccc2F)on1. The first-order valence-electron chi connectivity index (χ1n) is 5.74. The fraction of sp³-hybridized carbons (Fsp3) is 0.231. The number of halogens is 2. The van der Waals surface area contributed by atoms with Crippen LogP contribution >= 0.6 is 15.9 Å². The van der Waals surface area contributed by atoms with Crippen molar-refractivity contribution in [1.82, 2.24) is 10.5 Å². The topological polar surface area (TPSA) is 55.1 Å². The van der Waals surface area contributed by atoms with Gasteiger partial charge in [-0.1, -0.05) is 33.2 Å². The summed E-state index contributed by atoms with van der Waals surface area (Å²) in [5.41, 5.74) is 0.911. The highest BCUT2D eigenvalue weighted by atomic mass is 79.9. The van der Waals surface area contributed by atoms with E-state index in [-0.39, 0.29) is 18.3 Å². The van der Waals surface area contributed by atoms with Gasteiger partial charge in [0.1, 0.15) is 11.5 Å². The van der Waals surface area contributed by atoms with E-state index in [1.54, 1.807) is 24.3 Å². The molecule has 0 aliphatic heterocycles. The first kappa shape index (κ1) is 13.7. The van der Waals surface area contributed by atoms with Crippen molar-refractivity contribution in [3.05, 3.63) is 41.8 Å². The lowest BCUT2D eigenvalue weighted by Gasteiger charge is -1.99. The third-order valence-corrected chi connectivity index (χ3v) is 2.88. The van der Waals surface area contributed by atoms with Gasteiger partial charge in [-0.3, -0.25) is 4.79 Å². The van der Waals surface area contributed by atoms with Crippen LogP contribution in [0.25, 0.3) is 11.3 Å². The lowest BCUT2D eigenvalue weighted by atomic mass is 10.1. The second-order valence-electron chi connectivity index (χ2n) is 3.88. The number of alkyl halides is 1. The van der Waals surface area contributed by atoms with Crippen molar-refractivity contribution < 1.29 is 13.7 Å². The lowest BCUT2D eigenvalue weighted by Crippen LogP contribution is -2.22. The van der Waals surface area contributed by atoms with E-state index in [4.69, 9.17) is 4.52 Å². The van der Waals surface area contributed by atoms with Gasteiger partial charge in [0.05, 0.1) is 12.1 Å². The third kappa shape index (κ3) is 3.64. The van der Waals surface area contributed by atoms with Gasteiger partial charge in [-0.2, -0.15) is 0 Å². The minimum absolute atomic E-state index is 0.0766. The summed E-state index contributed by atoms with van der Waals surface area (Å²) < 4.78 is 18.6. The zero-order valence-corrected chi connectivity index (χ0v) is 11.6. The van der Waals surface area contributed by atoms with Gasteiger partial charge in [-0.25, -0.2) is 4.39 Å². The van der Waals surface area contributed by atoms with Crippen LogP contribution in [-0.2, 0) is 11.3 Å². The molecule has 1 aromatic carbocycles. The Morgan fingerprint density at radius 3 is 2.95 bits per heavy atom. The van der Waals surface area contributed by atoms with Crippen LogP contribution in [0.1, 0.15) is 12.1 Å². The molecular formula is C13H12BrFN2O2. The number of amides is 1. The maximum absolute atomic E-state index is 13.5. The van der Waals surface area contributed by atoms with Gasteiger partial charge in [0.2, 0.25) is 5.91 Å². The number of nitrogens with zero attached hydrogens (tertiary/aromatic N) is 1. The van der Waals surface area contributed by atoms with Crippen LogP contribution in [0.4, 0.5) is 4.39 Å². The summed E-state index contributed by atoms with van der Waals surface area (Å²) in [6, 6.07) is 7.92. The second-order valence-corrected chi connectivity index (χ2v) is 4.67. The summed E-state index contributed by atoms with van der Waals surface area (Å²) in [5, 5.41) is 7.10. The van der Waals surface area contributed by atoms with E-state index in [1.165, 1.54) is 6.07 Å². The van der Waals surface area contributed by atoms with Crippen molar-refractivity contribution in [2.45, 2.75) is 13.0 Å². The molecule has 0 atom stereocenters. The molecule has 0 fully saturated rings. The fourth-order valence-electron chi connectivity index (χ4n) is 1.55. The highest BCUT2D eigenvalue weighted by molar-refractivity contribution is 9.09. The van der Waals surface area contributed by atoms with E-state index < -0.39 is 0 Å². The molecule has 0 saturated carbocycles. The minimum atomic E-state index is -0.367. The highest BCUT2D eigenvalue weighted by Crippen LogP contribution is 2.23. The molecule has 0 aliphatic carbocycles. The molecular weight excluding hydrogens is 315 g/mol. The molecule has 1 N–H and O–H groups in total. The Balaban J connectivity index is 2.04. The summed E-state index contributed by atoms with van der Waals surface area (Å²) in [7, 11) is 0. The zero-order chi connectivity index (χ0) is 13.7. The normalized spacial score (nSPS) is 10.4. The Kier molecular flexibility index (Phi) is 4.68. The molecule has 1 aromatic heterocycles. The molecule has 2 aromatic rings. The van der Waals surface area contributed by atoms with E-state index in [1.807, 2.05) is 0 Å². The molecule has 100 valence electrons. The number of aromatic nitrogens is 1. The molecule has 4 nitrogen and oxygen atoms in total. The summed E-state index contributed by atoms with van der Waals surface area (Å²) in [6.45, 7) is 0.268. The molecule has 0 spiro atoms. The molecule has 0 saturated heterocycles. The van der Waals surface area contributed by atoms with Crippen LogP contribution < -0.4 is 5.32 Å². The quantitative estimate of drug-likeness (QED) is 0.859. The summed E-state index contributed by atoms with van der Waals surface area (Å²) >= 11 is 3.18. The van der Waals surface area contributed by atoms with Gasteiger partial charge in [-0.05, 0) is 12.1 Å². The summed E-state index contributed by atoms with van der Waals surface area (Å²) in [5.74, 6) is -0.0938. The smallest absolute Gasteiger partial charge is 0.221 e. The van der Waals surface area contributed by atoms with Crippen LogP contribution in [0, 0.1) is 5.82 Å². The van der Waals surface area contributed by atoms with E-state index in [9.17, 15) is 9.18 Å². The predicted molar refractivity (Wildman–Crippen MR) is 72.2 cm³/mol. The van der Waals surface area contributed by atoms with Gasteiger partial charge in [0.25, 0.3) is 0 Å². The van der Waals surface area contributed by atoms with Crippen molar-refractivity contribution in [1.29, 1.82) is 0 Å². The summed E-state index contributed by atoms with van der Waals surface area (Å²) in [6.07, 6.45) is 0.401. The maximum Gasteiger partial charge on any atom is 0.221 e. The Bertz CT molecular complexity index is 571. The zero-order valence-electron chi connectivity index (χ0n) is 10.0. The van der Waals surface area contributed by atoms with Crippen LogP contribution in [0.3, 0.4) is 0 Å². The number of benzene rings is 1. The van der Waals surface area contributed by atoms with Crippen LogP contribution in [0.5, 0.6) is 0 Å². The number of hydrogen-bond acceptors (Lipinski definition) is 3. The molecule has 0 aliphatic rings. The monoisotopic (exact) mass is 326 g/mol. The Morgan fingerprint density at radius 1 is 1.42 bits per heavy atom. The maximum atomic E-state index is 13.5. The van der Waals surface area contributed by atoms with Crippen LogP contribution in [0.2, 0.25) is 0 Å². The molecule has 1 amide bonds. The number of rotatable bonds is 5. The Hall–Kier alpha value is -1.69. The molecule has 0 unspecified atom stereocenters. The standard InChI is InChI=1S/C13H12BrFN2O2/c14-6-5-13(18)16-8-9-7-12(19-17-9)10-3-1-2-4-11(10)15/h1-4,7H,5-6,8H2,(H,16,18). The number of carbonyl (C=O) groups is 1. The fourth-order valence-corrected chi connectivity index (χ4v) is 1.91. The van der Waals surface area contributed by atoms with Crippen LogP contribution in [-0.4, -0.2) is 16.4 Å². The number of nitrogens with one attached hydrogen (secondary N) is 1.